The normalized spacial score (nSPS) is 12.4. The maximum absolute atomic E-state index is 11.9. The molecule has 0 aliphatic rings. The second-order valence-corrected chi connectivity index (χ2v) is 5.36. The molecule has 2 nitrogen and oxygen atoms in total. The zero-order valence-electron chi connectivity index (χ0n) is 10.1. The molecule has 0 aliphatic heterocycles. The number of methoxy groups -OCH3 is 1. The molecule has 1 atom stereocenters. The highest BCUT2D eigenvalue weighted by Crippen LogP contribution is 2.15. The molecule has 0 saturated carbocycles. The summed E-state index contributed by atoms with van der Waals surface area (Å²) in [6.45, 7) is 2.18. The summed E-state index contributed by atoms with van der Waals surface area (Å²) < 4.78 is 16.9. The Bertz CT molecular complexity index is 319. The zero-order valence-corrected chi connectivity index (χ0v) is 10.9. The molecule has 0 aliphatic carbocycles. The van der Waals surface area contributed by atoms with Crippen LogP contribution in [-0.4, -0.2) is 17.1 Å². The van der Waals surface area contributed by atoms with Gasteiger partial charge in [0.15, 0.2) is 0 Å². The Balaban J connectivity index is 2.40. The first-order valence-corrected chi connectivity index (χ1v) is 7.12. The second-order valence-electron chi connectivity index (χ2n) is 3.79. The molecule has 1 aromatic carbocycles. The smallest absolute Gasteiger partial charge is 0.118 e. The first kappa shape index (κ1) is 13.2. The molecule has 0 spiro atoms. The van der Waals surface area contributed by atoms with Crippen LogP contribution in [0.2, 0.25) is 0 Å². The summed E-state index contributed by atoms with van der Waals surface area (Å²) in [5.74, 6) is 1.58. The van der Waals surface area contributed by atoms with E-state index in [-0.39, 0.29) is 0 Å². The standard InChI is InChI=1S/C13H20O2S/c1-3-4-5-6-11-16(14)13-9-7-12(15-2)8-10-13/h7-10H,3-6,11H2,1-2H3. The second kappa shape index (κ2) is 7.44. The van der Waals surface area contributed by atoms with E-state index < -0.39 is 10.8 Å². The third-order valence-corrected chi connectivity index (χ3v) is 3.96. The molecule has 16 heavy (non-hydrogen) atoms. The largest absolute Gasteiger partial charge is 0.497 e. The number of hydrogen-bond acceptors (Lipinski definition) is 2. The number of unbranched alkanes of at least 4 members (excludes halogenated alkanes) is 3. The van der Waals surface area contributed by atoms with Crippen molar-refractivity contribution < 1.29 is 8.95 Å². The fourth-order valence-electron chi connectivity index (χ4n) is 1.51. The van der Waals surface area contributed by atoms with E-state index >= 15 is 0 Å². The summed E-state index contributed by atoms with van der Waals surface area (Å²) in [7, 11) is 0.783. The van der Waals surface area contributed by atoms with Crippen molar-refractivity contribution in [1.82, 2.24) is 0 Å². The van der Waals surface area contributed by atoms with Crippen LogP contribution in [0, 0.1) is 0 Å². The molecule has 0 bridgehead atoms. The summed E-state index contributed by atoms with van der Waals surface area (Å²) in [4.78, 5) is 0.900. The Labute approximate surface area is 100 Å². The Morgan fingerprint density at radius 2 is 1.81 bits per heavy atom. The van der Waals surface area contributed by atoms with Crippen LogP contribution in [0.25, 0.3) is 0 Å². The van der Waals surface area contributed by atoms with E-state index in [1.807, 2.05) is 24.3 Å². The highest BCUT2D eigenvalue weighted by Gasteiger charge is 2.03. The lowest BCUT2D eigenvalue weighted by Gasteiger charge is -2.03. The Morgan fingerprint density at radius 1 is 1.12 bits per heavy atom. The monoisotopic (exact) mass is 240 g/mol. The maximum Gasteiger partial charge on any atom is 0.118 e. The van der Waals surface area contributed by atoms with Crippen molar-refractivity contribution in [3.63, 3.8) is 0 Å². The van der Waals surface area contributed by atoms with Crippen molar-refractivity contribution in [2.24, 2.45) is 0 Å². The van der Waals surface area contributed by atoms with Gasteiger partial charge >= 0.3 is 0 Å². The van der Waals surface area contributed by atoms with E-state index in [1.54, 1.807) is 7.11 Å². The van der Waals surface area contributed by atoms with Gasteiger partial charge in [0.25, 0.3) is 0 Å². The summed E-state index contributed by atoms with van der Waals surface area (Å²) in [6.07, 6.45) is 4.68. The SMILES string of the molecule is CCCCCCS(=O)c1ccc(OC)cc1. The van der Waals surface area contributed by atoms with Gasteiger partial charge in [-0.25, -0.2) is 0 Å². The molecule has 1 aromatic rings. The first-order chi connectivity index (χ1) is 7.77. The van der Waals surface area contributed by atoms with Gasteiger partial charge in [-0.1, -0.05) is 26.2 Å². The maximum atomic E-state index is 11.9. The predicted molar refractivity (Wildman–Crippen MR) is 68.4 cm³/mol. The molecule has 0 radical (unpaired) electrons. The molecule has 0 heterocycles. The molecule has 0 saturated heterocycles. The molecule has 0 fully saturated rings. The van der Waals surface area contributed by atoms with Crippen molar-refractivity contribution in [2.45, 2.75) is 37.5 Å². The molecular formula is C13H20O2S. The lowest BCUT2D eigenvalue weighted by atomic mass is 10.2. The van der Waals surface area contributed by atoms with Gasteiger partial charge in [0, 0.05) is 10.6 Å². The summed E-state index contributed by atoms with van der Waals surface area (Å²) in [6, 6.07) is 7.49. The van der Waals surface area contributed by atoms with Crippen LogP contribution >= 0.6 is 0 Å². The van der Waals surface area contributed by atoms with Crippen molar-refractivity contribution in [2.75, 3.05) is 12.9 Å². The van der Waals surface area contributed by atoms with Crippen LogP contribution in [0.4, 0.5) is 0 Å². The number of hydrogen-bond donors (Lipinski definition) is 0. The summed E-state index contributed by atoms with van der Waals surface area (Å²) in [5.41, 5.74) is 0. The average Bonchev–Trinajstić information content (AvgIpc) is 2.34. The van der Waals surface area contributed by atoms with Crippen LogP contribution in [0.15, 0.2) is 29.2 Å². The number of ether oxygens (including phenoxy) is 1. The minimum Gasteiger partial charge on any atom is -0.497 e. The predicted octanol–water partition coefficient (Wildman–Crippen LogP) is 3.38. The van der Waals surface area contributed by atoms with Crippen molar-refractivity contribution in [1.29, 1.82) is 0 Å². The third-order valence-electron chi connectivity index (χ3n) is 2.51. The van der Waals surface area contributed by atoms with Gasteiger partial charge in [-0.3, -0.25) is 4.21 Å². The van der Waals surface area contributed by atoms with Crippen LogP contribution in [0.5, 0.6) is 5.75 Å². The van der Waals surface area contributed by atoms with Crippen LogP contribution in [0.3, 0.4) is 0 Å². The van der Waals surface area contributed by atoms with Gasteiger partial charge in [0.1, 0.15) is 5.75 Å². The van der Waals surface area contributed by atoms with Crippen LogP contribution < -0.4 is 4.74 Å². The van der Waals surface area contributed by atoms with Crippen molar-refractivity contribution >= 4 is 10.8 Å². The van der Waals surface area contributed by atoms with E-state index in [9.17, 15) is 4.21 Å². The number of benzene rings is 1. The lowest BCUT2D eigenvalue weighted by Crippen LogP contribution is -1.98. The average molecular weight is 240 g/mol. The van der Waals surface area contributed by atoms with E-state index in [4.69, 9.17) is 4.74 Å². The quantitative estimate of drug-likeness (QED) is 0.683. The minimum absolute atomic E-state index is 0.770. The first-order valence-electron chi connectivity index (χ1n) is 5.80. The van der Waals surface area contributed by atoms with E-state index in [1.165, 1.54) is 19.3 Å². The Hall–Kier alpha value is -0.830. The molecule has 90 valence electrons. The Morgan fingerprint density at radius 3 is 2.38 bits per heavy atom. The highest BCUT2D eigenvalue weighted by molar-refractivity contribution is 7.85. The topological polar surface area (TPSA) is 26.3 Å². The molecule has 0 N–H and O–H groups in total. The van der Waals surface area contributed by atoms with Gasteiger partial charge in [-0.15, -0.1) is 0 Å². The Kier molecular flexibility index (Phi) is 6.16. The fraction of sp³-hybridized carbons (Fsp3) is 0.538. The van der Waals surface area contributed by atoms with Gasteiger partial charge in [-0.2, -0.15) is 0 Å². The molecular weight excluding hydrogens is 220 g/mol. The molecule has 0 amide bonds. The minimum atomic E-state index is -0.853. The molecule has 1 rings (SSSR count). The van der Waals surface area contributed by atoms with Crippen LogP contribution in [0.1, 0.15) is 32.6 Å². The van der Waals surface area contributed by atoms with Crippen molar-refractivity contribution in [3.8, 4) is 5.75 Å². The molecule has 0 aromatic heterocycles. The molecule has 3 heteroatoms. The van der Waals surface area contributed by atoms with E-state index in [2.05, 4.69) is 6.92 Å². The highest BCUT2D eigenvalue weighted by atomic mass is 32.2. The summed E-state index contributed by atoms with van der Waals surface area (Å²) in [5, 5.41) is 0. The number of rotatable bonds is 7. The fourth-order valence-corrected chi connectivity index (χ4v) is 2.65. The zero-order chi connectivity index (χ0) is 11.8. The van der Waals surface area contributed by atoms with E-state index in [0.29, 0.717) is 0 Å². The van der Waals surface area contributed by atoms with E-state index in [0.717, 1.165) is 22.8 Å². The van der Waals surface area contributed by atoms with Gasteiger partial charge < -0.3 is 4.74 Å². The van der Waals surface area contributed by atoms with Crippen molar-refractivity contribution in [3.05, 3.63) is 24.3 Å². The molecule has 1 unspecified atom stereocenters. The third kappa shape index (κ3) is 4.35. The van der Waals surface area contributed by atoms with Crippen LogP contribution in [-0.2, 0) is 10.8 Å². The van der Waals surface area contributed by atoms with Gasteiger partial charge in [-0.05, 0) is 30.7 Å². The van der Waals surface area contributed by atoms with Gasteiger partial charge in [0.2, 0.25) is 0 Å². The lowest BCUT2D eigenvalue weighted by molar-refractivity contribution is 0.414. The van der Waals surface area contributed by atoms with Gasteiger partial charge in [0.05, 0.1) is 17.9 Å². The summed E-state index contributed by atoms with van der Waals surface area (Å²) >= 11 is 0.